The number of hydrogen-bond donors (Lipinski definition) is 2. The standard InChI is InChI=1S/C24H42N2O5.2ClH/c1-18(2)20(7-8-21(27)24(25)26-10-14-30-15-11-26)16-19-6-9-22(29-4)23(17-19)31-13-5-12-28-3;;/h6,9,17-18,20-21,24,27H,5,7-8,10-16,25H2,1-4H3;2*1H/t20-,21-,24-;;/m0../s1. The molecule has 3 atom stereocenters. The van der Waals surface area contributed by atoms with Crippen molar-refractivity contribution < 1.29 is 24.1 Å². The van der Waals surface area contributed by atoms with Crippen molar-refractivity contribution in [1.29, 1.82) is 0 Å². The van der Waals surface area contributed by atoms with Crippen molar-refractivity contribution in [2.45, 2.75) is 51.8 Å². The van der Waals surface area contributed by atoms with Crippen LogP contribution in [0.1, 0.15) is 38.7 Å². The van der Waals surface area contributed by atoms with Crippen molar-refractivity contribution in [3.8, 4) is 11.5 Å². The van der Waals surface area contributed by atoms with Crippen LogP contribution in [0.4, 0.5) is 0 Å². The van der Waals surface area contributed by atoms with Crippen molar-refractivity contribution in [3.63, 3.8) is 0 Å². The van der Waals surface area contributed by atoms with Gasteiger partial charge in [0.05, 0.1) is 39.2 Å². The highest BCUT2D eigenvalue weighted by molar-refractivity contribution is 5.85. The number of halogens is 2. The summed E-state index contributed by atoms with van der Waals surface area (Å²) in [5.74, 6) is 2.46. The predicted molar refractivity (Wildman–Crippen MR) is 137 cm³/mol. The molecule has 0 spiro atoms. The number of hydrogen-bond acceptors (Lipinski definition) is 7. The molecule has 1 heterocycles. The Hall–Kier alpha value is -0.800. The van der Waals surface area contributed by atoms with Crippen molar-refractivity contribution >= 4 is 24.8 Å². The van der Waals surface area contributed by atoms with Crippen molar-refractivity contribution in [2.75, 3.05) is 53.7 Å². The van der Waals surface area contributed by atoms with E-state index in [0.717, 1.165) is 43.9 Å². The second-order valence-corrected chi connectivity index (χ2v) is 8.67. The Morgan fingerprint density at radius 3 is 2.36 bits per heavy atom. The largest absolute Gasteiger partial charge is 0.493 e. The van der Waals surface area contributed by atoms with Gasteiger partial charge in [0.25, 0.3) is 0 Å². The second-order valence-electron chi connectivity index (χ2n) is 8.67. The highest BCUT2D eigenvalue weighted by Crippen LogP contribution is 2.31. The van der Waals surface area contributed by atoms with Crippen LogP contribution in [-0.2, 0) is 15.9 Å². The molecule has 1 fully saturated rings. The summed E-state index contributed by atoms with van der Waals surface area (Å²) in [5, 5.41) is 10.7. The lowest BCUT2D eigenvalue weighted by molar-refractivity contribution is -0.0235. The average molecular weight is 512 g/mol. The fourth-order valence-electron chi connectivity index (χ4n) is 3.99. The zero-order valence-electron chi connectivity index (χ0n) is 20.5. The van der Waals surface area contributed by atoms with Gasteiger partial charge in [0.2, 0.25) is 0 Å². The van der Waals surface area contributed by atoms with Gasteiger partial charge in [-0.1, -0.05) is 19.9 Å². The molecule has 7 nitrogen and oxygen atoms in total. The molecule has 1 aliphatic rings. The minimum Gasteiger partial charge on any atom is -0.493 e. The first-order valence-corrected chi connectivity index (χ1v) is 11.5. The molecule has 2 rings (SSSR count). The van der Waals surface area contributed by atoms with Gasteiger partial charge in [-0.2, -0.15) is 0 Å². The van der Waals surface area contributed by atoms with Crippen LogP contribution in [-0.4, -0.2) is 76.0 Å². The fraction of sp³-hybridized carbons (Fsp3) is 0.750. The van der Waals surface area contributed by atoms with Crippen LogP contribution >= 0.6 is 24.8 Å². The first-order chi connectivity index (χ1) is 15.0. The van der Waals surface area contributed by atoms with Gasteiger partial charge in [-0.25, -0.2) is 0 Å². The van der Waals surface area contributed by atoms with Crippen molar-refractivity contribution in [2.24, 2.45) is 17.6 Å². The van der Waals surface area contributed by atoms with Crippen LogP contribution in [0, 0.1) is 11.8 Å². The maximum atomic E-state index is 10.7. The van der Waals surface area contributed by atoms with E-state index in [1.165, 1.54) is 5.56 Å². The fourth-order valence-corrected chi connectivity index (χ4v) is 3.99. The third-order valence-corrected chi connectivity index (χ3v) is 6.11. The Bertz CT molecular complexity index is 633. The molecule has 1 aromatic carbocycles. The lowest BCUT2D eigenvalue weighted by atomic mass is 9.84. The Morgan fingerprint density at radius 1 is 1.06 bits per heavy atom. The highest BCUT2D eigenvalue weighted by Gasteiger charge is 2.25. The molecule has 1 aliphatic heterocycles. The van der Waals surface area contributed by atoms with Crippen LogP contribution in [0.2, 0.25) is 0 Å². The normalized spacial score (nSPS) is 16.9. The van der Waals surface area contributed by atoms with Gasteiger partial charge >= 0.3 is 0 Å². The molecule has 0 aromatic heterocycles. The van der Waals surface area contributed by atoms with E-state index in [1.807, 2.05) is 6.07 Å². The monoisotopic (exact) mass is 510 g/mol. The van der Waals surface area contributed by atoms with E-state index in [9.17, 15) is 5.11 Å². The topological polar surface area (TPSA) is 86.4 Å². The SMILES string of the molecule is COCCCOc1cc(C[C@H](CC[C@H](O)[C@@H](N)N2CCOCC2)C(C)C)ccc1OC.Cl.Cl. The maximum absolute atomic E-state index is 10.7. The smallest absolute Gasteiger partial charge is 0.161 e. The molecule has 194 valence electrons. The number of nitrogens with zero attached hydrogens (tertiary/aromatic N) is 1. The zero-order chi connectivity index (χ0) is 22.6. The molecule has 3 N–H and O–H groups in total. The van der Waals surface area contributed by atoms with E-state index < -0.39 is 6.10 Å². The molecule has 0 radical (unpaired) electrons. The molecule has 0 saturated carbocycles. The summed E-state index contributed by atoms with van der Waals surface area (Å²) in [6.07, 6.45) is 2.51. The quantitative estimate of drug-likeness (QED) is 0.370. The van der Waals surface area contributed by atoms with Gasteiger partial charge in [0.1, 0.15) is 0 Å². The Labute approximate surface area is 212 Å². The lowest BCUT2D eigenvalue weighted by Gasteiger charge is -2.35. The molecule has 1 aromatic rings. The van der Waals surface area contributed by atoms with Gasteiger partial charge in [-0.3, -0.25) is 4.90 Å². The van der Waals surface area contributed by atoms with Crippen molar-refractivity contribution in [1.82, 2.24) is 4.90 Å². The minimum absolute atomic E-state index is 0. The molecular formula is C24H44Cl2N2O5. The van der Waals surface area contributed by atoms with E-state index in [-0.39, 0.29) is 31.0 Å². The number of ether oxygens (including phenoxy) is 4. The van der Waals surface area contributed by atoms with Gasteiger partial charge in [-0.05, 0) is 48.8 Å². The van der Waals surface area contributed by atoms with Gasteiger partial charge in [0, 0.05) is 33.2 Å². The summed E-state index contributed by atoms with van der Waals surface area (Å²) in [4.78, 5) is 2.12. The third-order valence-electron chi connectivity index (χ3n) is 6.11. The highest BCUT2D eigenvalue weighted by atomic mass is 35.5. The number of aliphatic hydroxyl groups excluding tert-OH is 1. The lowest BCUT2D eigenvalue weighted by Crippen LogP contribution is -2.54. The van der Waals surface area contributed by atoms with Crippen LogP contribution < -0.4 is 15.2 Å². The number of aliphatic hydroxyl groups is 1. The molecule has 0 aliphatic carbocycles. The number of benzene rings is 1. The number of morpholine rings is 1. The van der Waals surface area contributed by atoms with Gasteiger partial charge < -0.3 is 29.8 Å². The Balaban J connectivity index is 0.00000512. The molecule has 33 heavy (non-hydrogen) atoms. The molecule has 1 saturated heterocycles. The van der Waals surface area contributed by atoms with Gasteiger partial charge in [0.15, 0.2) is 11.5 Å². The Kier molecular flexibility index (Phi) is 17.2. The van der Waals surface area contributed by atoms with Crippen LogP contribution in [0.3, 0.4) is 0 Å². The summed E-state index contributed by atoms with van der Waals surface area (Å²) < 4.78 is 21.9. The number of rotatable bonds is 14. The zero-order valence-corrected chi connectivity index (χ0v) is 22.2. The summed E-state index contributed by atoms with van der Waals surface area (Å²) in [7, 11) is 3.35. The molecule has 9 heteroatoms. The van der Waals surface area contributed by atoms with E-state index in [2.05, 4.69) is 30.9 Å². The average Bonchev–Trinajstić information content (AvgIpc) is 2.79. The van der Waals surface area contributed by atoms with Crippen LogP contribution in [0.5, 0.6) is 11.5 Å². The summed E-state index contributed by atoms with van der Waals surface area (Å²) >= 11 is 0. The number of methoxy groups -OCH3 is 2. The van der Waals surface area contributed by atoms with Crippen LogP contribution in [0.15, 0.2) is 18.2 Å². The van der Waals surface area contributed by atoms with Crippen LogP contribution in [0.25, 0.3) is 0 Å². The first-order valence-electron chi connectivity index (χ1n) is 11.5. The summed E-state index contributed by atoms with van der Waals surface area (Å²) in [5.41, 5.74) is 7.52. The third kappa shape index (κ3) is 11.0. The molecule has 0 amide bonds. The van der Waals surface area contributed by atoms with E-state index >= 15 is 0 Å². The Morgan fingerprint density at radius 2 is 1.76 bits per heavy atom. The van der Waals surface area contributed by atoms with Crippen molar-refractivity contribution in [3.05, 3.63) is 23.8 Å². The molecule has 0 unspecified atom stereocenters. The second kappa shape index (κ2) is 17.6. The maximum Gasteiger partial charge on any atom is 0.161 e. The first kappa shape index (κ1) is 32.2. The number of nitrogens with two attached hydrogens (primary N) is 1. The van der Waals surface area contributed by atoms with Gasteiger partial charge in [-0.15, -0.1) is 24.8 Å². The van der Waals surface area contributed by atoms with E-state index in [1.54, 1.807) is 14.2 Å². The minimum atomic E-state index is -0.533. The molecular weight excluding hydrogens is 467 g/mol. The summed E-state index contributed by atoms with van der Waals surface area (Å²) in [6.45, 7) is 8.68. The molecule has 0 bridgehead atoms. The predicted octanol–water partition coefficient (Wildman–Crippen LogP) is 3.53. The van der Waals surface area contributed by atoms with E-state index in [0.29, 0.717) is 44.7 Å². The van der Waals surface area contributed by atoms with E-state index in [4.69, 9.17) is 24.7 Å². The summed E-state index contributed by atoms with van der Waals surface area (Å²) in [6, 6.07) is 6.16.